The molecule has 0 bridgehead atoms. The Labute approximate surface area is 157 Å². The second-order valence-electron chi connectivity index (χ2n) is 6.55. The number of halogens is 2. The van der Waals surface area contributed by atoms with Gasteiger partial charge in [0.1, 0.15) is 0 Å². The van der Waals surface area contributed by atoms with Crippen LogP contribution in [-0.2, 0) is 13.0 Å². The van der Waals surface area contributed by atoms with Gasteiger partial charge < -0.3 is 14.7 Å². The first-order valence-corrected chi connectivity index (χ1v) is 9.18. The Morgan fingerprint density at radius 2 is 2.22 bits per heavy atom. The molecule has 1 aliphatic rings. The number of carbonyl (C=O) groups excluding carboxylic acids is 1. The van der Waals surface area contributed by atoms with Crippen LogP contribution in [0.2, 0.25) is 0 Å². The highest BCUT2D eigenvalue weighted by Crippen LogP contribution is 2.33. The van der Waals surface area contributed by atoms with E-state index < -0.39 is 17.7 Å². The summed E-state index contributed by atoms with van der Waals surface area (Å²) in [7, 11) is 0. The summed E-state index contributed by atoms with van der Waals surface area (Å²) in [6.45, 7) is 3.65. The summed E-state index contributed by atoms with van der Waals surface area (Å²) < 4.78 is 36.6. The highest BCUT2D eigenvalue weighted by Gasteiger charge is 2.32. The number of anilines is 1. The molecule has 9 heteroatoms. The second-order valence-corrected chi connectivity index (χ2v) is 7.21. The van der Waals surface area contributed by atoms with Crippen LogP contribution in [0.25, 0.3) is 11.3 Å². The van der Waals surface area contributed by atoms with Gasteiger partial charge in [0, 0.05) is 35.2 Å². The van der Waals surface area contributed by atoms with E-state index >= 15 is 0 Å². The van der Waals surface area contributed by atoms with Crippen molar-refractivity contribution in [3.05, 3.63) is 52.2 Å². The molecule has 3 heterocycles. The van der Waals surface area contributed by atoms with Crippen LogP contribution in [0.4, 0.5) is 19.3 Å². The van der Waals surface area contributed by atoms with Crippen molar-refractivity contribution in [2.24, 2.45) is 0 Å². The first-order chi connectivity index (χ1) is 12.9. The van der Waals surface area contributed by atoms with Crippen molar-refractivity contribution in [1.82, 2.24) is 14.4 Å². The van der Waals surface area contributed by atoms with E-state index in [9.17, 15) is 13.6 Å². The molecule has 0 radical (unpaired) electrons. The monoisotopic (exact) mass is 390 g/mol. The maximum Gasteiger partial charge on any atom is 0.322 e. The van der Waals surface area contributed by atoms with Crippen LogP contribution in [-0.4, -0.2) is 26.5 Å². The van der Waals surface area contributed by atoms with Crippen LogP contribution in [0, 0.1) is 18.6 Å². The predicted molar refractivity (Wildman–Crippen MR) is 96.4 cm³/mol. The molecular weight excluding hydrogens is 374 g/mol. The third-order valence-corrected chi connectivity index (χ3v) is 5.22. The number of aromatic nitrogens is 2. The van der Waals surface area contributed by atoms with Gasteiger partial charge in [-0.3, -0.25) is 0 Å². The Morgan fingerprint density at radius 1 is 1.41 bits per heavy atom. The van der Waals surface area contributed by atoms with Crippen molar-refractivity contribution < 1.29 is 18.1 Å². The molecule has 1 aromatic carbocycles. The zero-order valence-corrected chi connectivity index (χ0v) is 15.4. The third-order valence-electron chi connectivity index (χ3n) is 4.64. The van der Waals surface area contributed by atoms with E-state index in [2.05, 4.69) is 14.8 Å². The lowest BCUT2D eigenvalue weighted by molar-refractivity contribution is 0.182. The molecule has 3 aromatic rings. The minimum absolute atomic E-state index is 0.123. The summed E-state index contributed by atoms with van der Waals surface area (Å²) >= 11 is 1.30. The minimum Gasteiger partial charge on any atom is -0.356 e. The number of nitrogens with one attached hydrogen (secondary N) is 1. The predicted octanol–water partition coefficient (Wildman–Crippen LogP) is 4.36. The van der Waals surface area contributed by atoms with Gasteiger partial charge >= 0.3 is 6.03 Å². The number of amides is 2. The fourth-order valence-corrected chi connectivity index (χ4v) is 3.71. The number of nitrogens with zero attached hydrogens (tertiary/aromatic N) is 3. The van der Waals surface area contributed by atoms with Crippen LogP contribution in [0.1, 0.15) is 23.7 Å². The number of carbonyl (C=O) groups is 1. The van der Waals surface area contributed by atoms with Crippen LogP contribution in [0.15, 0.2) is 28.2 Å². The second kappa shape index (κ2) is 6.73. The molecule has 0 aliphatic carbocycles. The Balaban J connectivity index is 1.58. The van der Waals surface area contributed by atoms with E-state index in [4.69, 9.17) is 4.52 Å². The first kappa shape index (κ1) is 17.6. The standard InChI is InChI=1S/C18H16F2N4O2S/c1-9-3-12(5-14(19)16(9)20)22-18(25)24-7-13-15(4-10(24)2)23-26-17(13)11-6-21-27-8-11/h3,5-6,8,10H,4,7H2,1-2H3,(H,22,25). The number of aryl methyl sites for hydroxylation is 1. The maximum atomic E-state index is 13.6. The van der Waals surface area contributed by atoms with Crippen molar-refractivity contribution in [2.45, 2.75) is 32.9 Å². The lowest BCUT2D eigenvalue weighted by Gasteiger charge is -2.32. The molecule has 2 aromatic heterocycles. The van der Waals surface area contributed by atoms with Gasteiger partial charge in [0.05, 0.1) is 24.0 Å². The summed E-state index contributed by atoms with van der Waals surface area (Å²) in [5.74, 6) is -1.31. The number of rotatable bonds is 2. The van der Waals surface area contributed by atoms with Crippen molar-refractivity contribution in [1.29, 1.82) is 0 Å². The quantitative estimate of drug-likeness (QED) is 0.706. The molecule has 1 atom stereocenters. The highest BCUT2D eigenvalue weighted by atomic mass is 32.1. The number of urea groups is 1. The third kappa shape index (κ3) is 3.18. The molecule has 1 N–H and O–H groups in total. The van der Waals surface area contributed by atoms with E-state index in [1.54, 1.807) is 11.1 Å². The summed E-state index contributed by atoms with van der Waals surface area (Å²) in [4.78, 5) is 14.4. The molecule has 0 spiro atoms. The molecule has 0 saturated carbocycles. The zero-order valence-electron chi connectivity index (χ0n) is 14.6. The first-order valence-electron chi connectivity index (χ1n) is 8.34. The van der Waals surface area contributed by atoms with Crippen LogP contribution in [0.3, 0.4) is 0 Å². The van der Waals surface area contributed by atoms with Crippen molar-refractivity contribution in [2.75, 3.05) is 5.32 Å². The summed E-state index contributed by atoms with van der Waals surface area (Å²) in [5, 5.41) is 8.63. The van der Waals surface area contributed by atoms with Crippen molar-refractivity contribution in [3.8, 4) is 11.3 Å². The fraction of sp³-hybridized carbons (Fsp3) is 0.278. The molecule has 140 valence electrons. The molecule has 0 fully saturated rings. The molecule has 2 amide bonds. The van der Waals surface area contributed by atoms with E-state index in [1.807, 2.05) is 12.3 Å². The van der Waals surface area contributed by atoms with E-state index in [0.717, 1.165) is 22.9 Å². The lowest BCUT2D eigenvalue weighted by Crippen LogP contribution is -2.44. The van der Waals surface area contributed by atoms with Gasteiger partial charge in [0.15, 0.2) is 17.4 Å². The maximum absolute atomic E-state index is 13.6. The average molecular weight is 390 g/mol. The van der Waals surface area contributed by atoms with E-state index in [0.29, 0.717) is 18.7 Å². The van der Waals surface area contributed by atoms with Crippen LogP contribution >= 0.6 is 11.5 Å². The normalized spacial score (nSPS) is 16.3. The van der Waals surface area contributed by atoms with E-state index in [1.165, 1.54) is 24.5 Å². The lowest BCUT2D eigenvalue weighted by atomic mass is 9.99. The fourth-order valence-electron chi connectivity index (χ4n) is 3.19. The molecule has 27 heavy (non-hydrogen) atoms. The zero-order chi connectivity index (χ0) is 19.1. The van der Waals surface area contributed by atoms with Crippen molar-refractivity contribution in [3.63, 3.8) is 0 Å². The van der Waals surface area contributed by atoms with Gasteiger partial charge in [-0.25, -0.2) is 17.9 Å². The van der Waals surface area contributed by atoms with Gasteiger partial charge in [-0.15, -0.1) is 0 Å². The molecule has 1 unspecified atom stereocenters. The Hall–Kier alpha value is -2.81. The van der Waals surface area contributed by atoms with Gasteiger partial charge in [-0.2, -0.15) is 0 Å². The largest absolute Gasteiger partial charge is 0.356 e. The topological polar surface area (TPSA) is 71.3 Å². The molecule has 1 aliphatic heterocycles. The van der Waals surface area contributed by atoms with Gasteiger partial charge in [-0.05, 0) is 37.0 Å². The summed E-state index contributed by atoms with van der Waals surface area (Å²) in [6, 6.07) is 1.86. The van der Waals surface area contributed by atoms with E-state index in [-0.39, 0.29) is 17.3 Å². The van der Waals surface area contributed by atoms with Crippen LogP contribution < -0.4 is 5.32 Å². The molecule has 6 nitrogen and oxygen atoms in total. The molecule has 0 saturated heterocycles. The van der Waals surface area contributed by atoms with Gasteiger partial charge in [0.2, 0.25) is 0 Å². The molecule has 4 rings (SSSR count). The molecular formula is C18H16F2N4O2S. The van der Waals surface area contributed by atoms with Gasteiger partial charge in [-0.1, -0.05) is 5.16 Å². The Kier molecular flexibility index (Phi) is 4.39. The summed E-state index contributed by atoms with van der Waals surface area (Å²) in [6.07, 6.45) is 2.23. The number of hydrogen-bond donors (Lipinski definition) is 1. The van der Waals surface area contributed by atoms with Crippen LogP contribution in [0.5, 0.6) is 0 Å². The Morgan fingerprint density at radius 3 is 2.93 bits per heavy atom. The Bertz CT molecular complexity index is 980. The van der Waals surface area contributed by atoms with Crippen molar-refractivity contribution >= 4 is 23.3 Å². The number of fused-ring (bicyclic) bond motifs is 1. The number of benzene rings is 1. The van der Waals surface area contributed by atoms with Gasteiger partial charge in [0.25, 0.3) is 0 Å². The number of hydrogen-bond acceptors (Lipinski definition) is 5. The highest BCUT2D eigenvalue weighted by molar-refractivity contribution is 7.03. The smallest absolute Gasteiger partial charge is 0.322 e. The summed E-state index contributed by atoms with van der Waals surface area (Å²) in [5.41, 5.74) is 2.81. The minimum atomic E-state index is -0.995. The SMILES string of the molecule is Cc1cc(NC(=O)N2Cc3c(noc3-c3cnsc3)CC2C)cc(F)c1F. The average Bonchev–Trinajstić information content (AvgIpc) is 3.27.